The highest BCUT2D eigenvalue weighted by molar-refractivity contribution is 5.96. The molecular formula is C12H12F3NO4. The fraction of sp³-hybridized carbons (Fsp3) is 0.333. The predicted molar refractivity (Wildman–Crippen MR) is 61.7 cm³/mol. The molecule has 8 heteroatoms. The van der Waals surface area contributed by atoms with Crippen LogP contribution in [0.25, 0.3) is 0 Å². The van der Waals surface area contributed by atoms with Crippen molar-refractivity contribution in [3.05, 3.63) is 35.1 Å². The third-order valence-corrected chi connectivity index (χ3v) is 2.40. The quantitative estimate of drug-likeness (QED) is 0.857. The maximum Gasteiger partial charge on any atom is 0.323 e. The van der Waals surface area contributed by atoms with Gasteiger partial charge in [0.1, 0.15) is 29.6 Å². The van der Waals surface area contributed by atoms with Gasteiger partial charge in [0.25, 0.3) is 5.91 Å². The second-order valence-electron chi connectivity index (χ2n) is 3.86. The molecule has 1 amide bonds. The summed E-state index contributed by atoms with van der Waals surface area (Å²) < 4.78 is 44.4. The second-order valence-corrected chi connectivity index (χ2v) is 3.86. The summed E-state index contributed by atoms with van der Waals surface area (Å²) in [5.74, 6) is -6.48. The molecule has 0 aliphatic heterocycles. The summed E-state index contributed by atoms with van der Waals surface area (Å²) in [5, 5.41) is 8.68. The van der Waals surface area contributed by atoms with E-state index in [1.54, 1.807) is 0 Å². The summed E-state index contributed by atoms with van der Waals surface area (Å²) in [7, 11) is 1.32. The summed E-state index contributed by atoms with van der Waals surface area (Å²) in [6, 6.07) is 0.706. The maximum absolute atomic E-state index is 13.5. The molecule has 0 unspecified atom stereocenters. The molecule has 0 heterocycles. The van der Waals surface area contributed by atoms with E-state index in [4.69, 9.17) is 5.11 Å². The van der Waals surface area contributed by atoms with Gasteiger partial charge in [-0.25, -0.2) is 13.2 Å². The molecule has 1 rings (SSSR count). The topological polar surface area (TPSA) is 66.8 Å². The number of hydrogen-bond donors (Lipinski definition) is 1. The maximum atomic E-state index is 13.5. The molecule has 0 bridgehead atoms. The molecule has 0 spiro atoms. The number of nitrogens with zero attached hydrogens (tertiary/aromatic N) is 1. The third-order valence-electron chi connectivity index (χ3n) is 2.40. The Morgan fingerprint density at radius 2 is 1.80 bits per heavy atom. The minimum Gasteiger partial charge on any atom is -0.480 e. The third kappa shape index (κ3) is 3.95. The summed E-state index contributed by atoms with van der Waals surface area (Å²) >= 11 is 0. The van der Waals surface area contributed by atoms with E-state index in [-0.39, 0.29) is 13.2 Å². The minimum absolute atomic E-state index is 0.0105. The Kier molecular flexibility index (Phi) is 5.51. The van der Waals surface area contributed by atoms with Crippen LogP contribution in [0, 0.1) is 17.5 Å². The fourth-order valence-electron chi connectivity index (χ4n) is 1.52. The van der Waals surface area contributed by atoms with Crippen molar-refractivity contribution in [3.63, 3.8) is 0 Å². The number of carbonyl (C=O) groups is 2. The van der Waals surface area contributed by atoms with Gasteiger partial charge in [-0.3, -0.25) is 9.59 Å². The number of benzene rings is 1. The SMILES string of the molecule is COCCN(CC(=O)O)C(=O)c1c(F)cc(F)cc1F. The van der Waals surface area contributed by atoms with Gasteiger partial charge in [0.05, 0.1) is 6.61 Å². The summed E-state index contributed by atoms with van der Waals surface area (Å²) in [5.41, 5.74) is -0.997. The van der Waals surface area contributed by atoms with Crippen LogP contribution >= 0.6 is 0 Å². The number of methoxy groups -OCH3 is 1. The molecule has 0 aliphatic rings. The largest absolute Gasteiger partial charge is 0.480 e. The van der Waals surface area contributed by atoms with E-state index in [0.717, 1.165) is 0 Å². The van der Waals surface area contributed by atoms with E-state index < -0.39 is 41.4 Å². The van der Waals surface area contributed by atoms with Crippen LogP contribution in [0.2, 0.25) is 0 Å². The highest BCUT2D eigenvalue weighted by atomic mass is 19.1. The number of hydrogen-bond acceptors (Lipinski definition) is 3. The van der Waals surface area contributed by atoms with Crippen molar-refractivity contribution in [1.29, 1.82) is 0 Å². The minimum atomic E-state index is -1.39. The Morgan fingerprint density at radius 1 is 1.25 bits per heavy atom. The van der Waals surface area contributed by atoms with Gasteiger partial charge in [-0.15, -0.1) is 0 Å². The molecule has 0 radical (unpaired) electrons. The lowest BCUT2D eigenvalue weighted by molar-refractivity contribution is -0.137. The van der Waals surface area contributed by atoms with Crippen LogP contribution in [0.4, 0.5) is 13.2 Å². The lowest BCUT2D eigenvalue weighted by atomic mass is 10.1. The number of ether oxygens (including phenoxy) is 1. The van der Waals surface area contributed by atoms with Crippen molar-refractivity contribution in [3.8, 4) is 0 Å². The molecule has 110 valence electrons. The number of carbonyl (C=O) groups excluding carboxylic acids is 1. The number of halogens is 3. The first-order chi connectivity index (χ1) is 9.36. The molecule has 0 saturated heterocycles. The number of carboxylic acids is 1. The molecule has 0 aliphatic carbocycles. The summed E-state index contributed by atoms with van der Waals surface area (Å²) in [6.45, 7) is -0.931. The standard InChI is InChI=1S/C12H12F3NO4/c1-20-3-2-16(6-10(17)18)12(19)11-8(14)4-7(13)5-9(11)15/h4-5H,2-3,6H2,1H3,(H,17,18). The molecule has 5 nitrogen and oxygen atoms in total. The Bertz CT molecular complexity index is 498. The van der Waals surface area contributed by atoms with Crippen molar-refractivity contribution in [2.45, 2.75) is 0 Å². The van der Waals surface area contributed by atoms with E-state index in [2.05, 4.69) is 4.74 Å². The fourth-order valence-corrected chi connectivity index (χ4v) is 1.52. The van der Waals surface area contributed by atoms with Crippen molar-refractivity contribution in [2.75, 3.05) is 26.8 Å². The lowest BCUT2D eigenvalue weighted by Crippen LogP contribution is -2.38. The van der Waals surface area contributed by atoms with Crippen molar-refractivity contribution in [2.24, 2.45) is 0 Å². The number of rotatable bonds is 6. The lowest BCUT2D eigenvalue weighted by Gasteiger charge is -2.20. The van der Waals surface area contributed by atoms with Gasteiger partial charge in [0, 0.05) is 25.8 Å². The zero-order chi connectivity index (χ0) is 15.3. The van der Waals surface area contributed by atoms with Crippen LogP contribution in [0.5, 0.6) is 0 Å². The molecule has 0 atom stereocenters. The van der Waals surface area contributed by atoms with Crippen molar-refractivity contribution >= 4 is 11.9 Å². The van der Waals surface area contributed by atoms with Gasteiger partial charge >= 0.3 is 5.97 Å². The number of carboxylic acid groups (broad SMARTS) is 1. The molecule has 20 heavy (non-hydrogen) atoms. The normalized spacial score (nSPS) is 10.4. The van der Waals surface area contributed by atoms with Gasteiger partial charge in [-0.2, -0.15) is 0 Å². The van der Waals surface area contributed by atoms with E-state index in [0.29, 0.717) is 17.0 Å². The zero-order valence-corrected chi connectivity index (χ0v) is 10.5. The first-order valence-electron chi connectivity index (χ1n) is 5.51. The van der Waals surface area contributed by atoms with E-state index >= 15 is 0 Å². The van der Waals surface area contributed by atoms with Gasteiger partial charge in [0.2, 0.25) is 0 Å². The molecule has 0 saturated carbocycles. The van der Waals surface area contributed by atoms with Gasteiger partial charge in [-0.1, -0.05) is 0 Å². The van der Waals surface area contributed by atoms with E-state index in [9.17, 15) is 22.8 Å². The zero-order valence-electron chi connectivity index (χ0n) is 10.5. The number of amides is 1. The first-order valence-corrected chi connectivity index (χ1v) is 5.51. The van der Waals surface area contributed by atoms with Gasteiger partial charge < -0.3 is 14.7 Å². The second kappa shape index (κ2) is 6.90. The van der Waals surface area contributed by atoms with Crippen LogP contribution in [-0.4, -0.2) is 48.7 Å². The van der Waals surface area contributed by atoms with E-state index in [1.807, 2.05) is 0 Å². The Hall–Kier alpha value is -2.09. The predicted octanol–water partition coefficient (Wildman–Crippen LogP) is 1.28. The Morgan fingerprint density at radius 3 is 2.25 bits per heavy atom. The average Bonchev–Trinajstić information content (AvgIpc) is 2.32. The monoisotopic (exact) mass is 291 g/mol. The molecule has 0 aromatic heterocycles. The van der Waals surface area contributed by atoms with Crippen LogP contribution in [-0.2, 0) is 9.53 Å². The van der Waals surface area contributed by atoms with Crippen LogP contribution in [0.15, 0.2) is 12.1 Å². The molecular weight excluding hydrogens is 279 g/mol. The van der Waals surface area contributed by atoms with Gasteiger partial charge in [-0.05, 0) is 0 Å². The molecule has 0 fully saturated rings. The Labute approximate surface area is 112 Å². The molecule has 1 aromatic carbocycles. The van der Waals surface area contributed by atoms with Crippen molar-refractivity contribution < 1.29 is 32.6 Å². The van der Waals surface area contributed by atoms with Crippen LogP contribution in [0.3, 0.4) is 0 Å². The Balaban J connectivity index is 3.08. The average molecular weight is 291 g/mol. The summed E-state index contributed by atoms with van der Waals surface area (Å²) in [6.07, 6.45) is 0. The van der Waals surface area contributed by atoms with Crippen LogP contribution < -0.4 is 0 Å². The van der Waals surface area contributed by atoms with Crippen LogP contribution in [0.1, 0.15) is 10.4 Å². The van der Waals surface area contributed by atoms with E-state index in [1.165, 1.54) is 7.11 Å². The van der Waals surface area contributed by atoms with Gasteiger partial charge in [0.15, 0.2) is 0 Å². The number of aliphatic carboxylic acids is 1. The molecule has 1 aromatic rings. The smallest absolute Gasteiger partial charge is 0.323 e. The first kappa shape index (κ1) is 16.0. The highest BCUT2D eigenvalue weighted by Crippen LogP contribution is 2.17. The summed E-state index contributed by atoms with van der Waals surface area (Å²) in [4.78, 5) is 23.3. The highest BCUT2D eigenvalue weighted by Gasteiger charge is 2.25. The molecule has 1 N–H and O–H groups in total. The van der Waals surface area contributed by atoms with Crippen molar-refractivity contribution in [1.82, 2.24) is 4.90 Å².